The second-order valence-electron chi connectivity index (χ2n) is 4.50. The largest absolute Gasteiger partial charge is 0.455 e. The van der Waals surface area contributed by atoms with Crippen LogP contribution in [0.15, 0.2) is 63.8 Å². The van der Waals surface area contributed by atoms with Gasteiger partial charge in [0.1, 0.15) is 11.1 Å². The van der Waals surface area contributed by atoms with Crippen molar-refractivity contribution in [1.29, 1.82) is 0 Å². The van der Waals surface area contributed by atoms with Crippen LogP contribution in [0.2, 0.25) is 0 Å². The molecule has 0 unspecified atom stereocenters. The zero-order chi connectivity index (χ0) is 15.0. The molecule has 21 heavy (non-hydrogen) atoms. The van der Waals surface area contributed by atoms with Gasteiger partial charge in [0.15, 0.2) is 5.76 Å². The van der Waals surface area contributed by atoms with Gasteiger partial charge in [0, 0.05) is 5.56 Å². The molecule has 0 aliphatic heterocycles. The number of hydrogen-bond donors (Lipinski definition) is 0. The van der Waals surface area contributed by atoms with Gasteiger partial charge in [-0.1, -0.05) is 42.5 Å². The SMILES string of the molecule is O=c1c(C(F)(F)F)c(-c2ccccc2)oc2ccccc12. The highest BCUT2D eigenvalue weighted by Crippen LogP contribution is 2.36. The van der Waals surface area contributed by atoms with Crippen LogP contribution in [0.4, 0.5) is 13.2 Å². The minimum Gasteiger partial charge on any atom is -0.455 e. The number of benzene rings is 2. The van der Waals surface area contributed by atoms with Crippen molar-refractivity contribution in [1.82, 2.24) is 0 Å². The molecular weight excluding hydrogens is 281 g/mol. The molecule has 106 valence electrons. The first-order valence-corrected chi connectivity index (χ1v) is 6.17. The first-order chi connectivity index (χ1) is 9.98. The summed E-state index contributed by atoms with van der Waals surface area (Å²) in [6, 6.07) is 13.7. The fourth-order valence-corrected chi connectivity index (χ4v) is 2.19. The number of halogens is 3. The summed E-state index contributed by atoms with van der Waals surface area (Å²) in [6.07, 6.45) is -4.78. The van der Waals surface area contributed by atoms with Crippen LogP contribution in [-0.2, 0) is 6.18 Å². The summed E-state index contributed by atoms with van der Waals surface area (Å²) in [6.45, 7) is 0. The molecule has 3 rings (SSSR count). The molecule has 0 N–H and O–H groups in total. The Morgan fingerprint density at radius 2 is 1.48 bits per heavy atom. The number of para-hydroxylation sites is 1. The summed E-state index contributed by atoms with van der Waals surface area (Å²) in [4.78, 5) is 12.2. The maximum atomic E-state index is 13.3. The van der Waals surface area contributed by atoms with Crippen LogP contribution in [0.1, 0.15) is 5.56 Å². The Bertz CT molecular complexity index is 849. The van der Waals surface area contributed by atoms with Gasteiger partial charge >= 0.3 is 6.18 Å². The van der Waals surface area contributed by atoms with Gasteiger partial charge in [0.05, 0.1) is 5.39 Å². The lowest BCUT2D eigenvalue weighted by Crippen LogP contribution is -2.20. The standard InChI is InChI=1S/C16H9F3O2/c17-16(18,19)13-14(20)11-8-4-5-9-12(11)21-15(13)10-6-2-1-3-7-10/h1-9H. The summed E-state index contributed by atoms with van der Waals surface area (Å²) in [5.41, 5.74) is -1.99. The minimum absolute atomic E-state index is 0.0792. The lowest BCUT2D eigenvalue weighted by molar-refractivity contribution is -0.138. The van der Waals surface area contributed by atoms with Crippen LogP contribution in [0.3, 0.4) is 0 Å². The molecule has 2 aromatic carbocycles. The van der Waals surface area contributed by atoms with Crippen molar-refractivity contribution < 1.29 is 17.6 Å². The van der Waals surface area contributed by atoms with E-state index in [0.29, 0.717) is 0 Å². The fraction of sp³-hybridized carbons (Fsp3) is 0.0625. The summed E-state index contributed by atoms with van der Waals surface area (Å²) in [5.74, 6) is -0.452. The lowest BCUT2D eigenvalue weighted by Gasteiger charge is -2.12. The molecule has 0 atom stereocenters. The average molecular weight is 290 g/mol. The highest BCUT2D eigenvalue weighted by molar-refractivity contribution is 5.80. The molecular formula is C16H9F3O2. The van der Waals surface area contributed by atoms with E-state index in [-0.39, 0.29) is 16.5 Å². The van der Waals surface area contributed by atoms with Gasteiger partial charge < -0.3 is 4.42 Å². The first kappa shape index (κ1) is 13.4. The van der Waals surface area contributed by atoms with Crippen LogP contribution >= 0.6 is 0 Å². The van der Waals surface area contributed by atoms with E-state index in [1.165, 1.54) is 30.3 Å². The molecule has 5 heteroatoms. The average Bonchev–Trinajstić information content (AvgIpc) is 2.46. The second kappa shape index (κ2) is 4.77. The Morgan fingerprint density at radius 1 is 0.857 bits per heavy atom. The normalized spacial score (nSPS) is 11.8. The third-order valence-corrected chi connectivity index (χ3v) is 3.12. The maximum absolute atomic E-state index is 13.3. The zero-order valence-electron chi connectivity index (χ0n) is 10.6. The molecule has 2 nitrogen and oxygen atoms in total. The third kappa shape index (κ3) is 2.31. The summed E-state index contributed by atoms with van der Waals surface area (Å²) < 4.78 is 45.2. The minimum atomic E-state index is -4.78. The van der Waals surface area contributed by atoms with Crippen LogP contribution in [-0.4, -0.2) is 0 Å². The molecule has 0 aliphatic carbocycles. The number of alkyl halides is 3. The topological polar surface area (TPSA) is 30.2 Å². The number of fused-ring (bicyclic) bond motifs is 1. The van der Waals surface area contributed by atoms with Gasteiger partial charge in [-0.05, 0) is 12.1 Å². The molecule has 0 bridgehead atoms. The maximum Gasteiger partial charge on any atom is 0.423 e. The molecule has 3 aromatic rings. The molecule has 1 heterocycles. The third-order valence-electron chi connectivity index (χ3n) is 3.12. The second-order valence-corrected chi connectivity index (χ2v) is 4.50. The van der Waals surface area contributed by atoms with Gasteiger partial charge in [-0.2, -0.15) is 13.2 Å². The van der Waals surface area contributed by atoms with E-state index >= 15 is 0 Å². The van der Waals surface area contributed by atoms with E-state index in [4.69, 9.17) is 4.42 Å². The Balaban J connectivity index is 2.45. The zero-order valence-corrected chi connectivity index (χ0v) is 10.6. The van der Waals surface area contributed by atoms with Crippen molar-refractivity contribution in [2.45, 2.75) is 6.18 Å². The van der Waals surface area contributed by atoms with Crippen molar-refractivity contribution in [3.8, 4) is 11.3 Å². The predicted molar refractivity (Wildman–Crippen MR) is 72.9 cm³/mol. The van der Waals surface area contributed by atoms with Crippen molar-refractivity contribution in [2.24, 2.45) is 0 Å². The summed E-state index contributed by atoms with van der Waals surface area (Å²) >= 11 is 0. The van der Waals surface area contributed by atoms with Gasteiger partial charge in [-0.25, -0.2) is 0 Å². The van der Waals surface area contributed by atoms with Gasteiger partial charge in [0.2, 0.25) is 5.43 Å². The highest BCUT2D eigenvalue weighted by Gasteiger charge is 2.39. The van der Waals surface area contributed by atoms with Gasteiger partial charge in [-0.15, -0.1) is 0 Å². The Hall–Kier alpha value is -2.56. The summed E-state index contributed by atoms with van der Waals surface area (Å²) in [7, 11) is 0. The molecule has 0 aliphatic rings. The van der Waals surface area contributed by atoms with E-state index in [2.05, 4.69) is 0 Å². The van der Waals surface area contributed by atoms with Crippen molar-refractivity contribution >= 4 is 11.0 Å². The lowest BCUT2D eigenvalue weighted by atomic mass is 10.0. The molecule has 0 amide bonds. The van der Waals surface area contributed by atoms with Gasteiger partial charge in [-0.3, -0.25) is 4.79 Å². The Kier molecular flexibility index (Phi) is 3.05. The monoisotopic (exact) mass is 290 g/mol. The number of hydrogen-bond acceptors (Lipinski definition) is 2. The van der Waals surface area contributed by atoms with E-state index in [1.54, 1.807) is 24.3 Å². The molecule has 0 radical (unpaired) electrons. The van der Waals surface area contributed by atoms with E-state index in [9.17, 15) is 18.0 Å². The predicted octanol–water partition coefficient (Wildman–Crippen LogP) is 4.48. The summed E-state index contributed by atoms with van der Waals surface area (Å²) in [5, 5.41) is -0.0792. The fourth-order valence-electron chi connectivity index (χ4n) is 2.19. The Morgan fingerprint density at radius 3 is 2.14 bits per heavy atom. The van der Waals surface area contributed by atoms with E-state index in [1.807, 2.05) is 0 Å². The van der Waals surface area contributed by atoms with E-state index in [0.717, 1.165) is 0 Å². The molecule has 0 spiro atoms. The van der Waals surface area contributed by atoms with Crippen LogP contribution in [0.5, 0.6) is 0 Å². The molecule has 0 fully saturated rings. The van der Waals surface area contributed by atoms with E-state index < -0.39 is 22.9 Å². The highest BCUT2D eigenvalue weighted by atomic mass is 19.4. The van der Waals surface area contributed by atoms with Crippen LogP contribution in [0, 0.1) is 0 Å². The molecule has 0 saturated heterocycles. The van der Waals surface area contributed by atoms with Crippen LogP contribution in [0.25, 0.3) is 22.3 Å². The number of rotatable bonds is 1. The molecule has 0 saturated carbocycles. The quantitative estimate of drug-likeness (QED) is 0.661. The van der Waals surface area contributed by atoms with Crippen molar-refractivity contribution in [3.05, 3.63) is 70.4 Å². The Labute approximate surface area is 117 Å². The smallest absolute Gasteiger partial charge is 0.423 e. The van der Waals surface area contributed by atoms with Crippen LogP contribution < -0.4 is 5.43 Å². The van der Waals surface area contributed by atoms with Crippen molar-refractivity contribution in [3.63, 3.8) is 0 Å². The van der Waals surface area contributed by atoms with Crippen molar-refractivity contribution in [2.75, 3.05) is 0 Å². The van der Waals surface area contributed by atoms with Gasteiger partial charge in [0.25, 0.3) is 0 Å². The molecule has 1 aromatic heterocycles. The first-order valence-electron chi connectivity index (χ1n) is 6.17.